The SMILES string of the molecule is CC(O)(c1cccc(F)c1)c1cnccc1N. The van der Waals surface area contributed by atoms with Gasteiger partial charge >= 0.3 is 0 Å². The van der Waals surface area contributed by atoms with Gasteiger partial charge in [-0.1, -0.05) is 12.1 Å². The molecule has 0 amide bonds. The summed E-state index contributed by atoms with van der Waals surface area (Å²) >= 11 is 0. The molecule has 1 aromatic heterocycles. The van der Waals surface area contributed by atoms with Crippen LogP contribution in [-0.4, -0.2) is 10.1 Å². The first-order chi connectivity index (χ1) is 8.01. The molecule has 2 rings (SSSR count). The van der Waals surface area contributed by atoms with E-state index in [1.807, 2.05) is 0 Å². The predicted octanol–water partition coefficient (Wildman–Crippen LogP) is 2.06. The fourth-order valence-corrected chi connectivity index (χ4v) is 1.76. The highest BCUT2D eigenvalue weighted by atomic mass is 19.1. The largest absolute Gasteiger partial charge is 0.398 e. The summed E-state index contributed by atoms with van der Waals surface area (Å²) in [6, 6.07) is 7.41. The van der Waals surface area contributed by atoms with E-state index in [-0.39, 0.29) is 0 Å². The molecule has 0 aliphatic heterocycles. The zero-order valence-corrected chi connectivity index (χ0v) is 9.39. The van der Waals surface area contributed by atoms with Crippen molar-refractivity contribution in [1.29, 1.82) is 0 Å². The van der Waals surface area contributed by atoms with Gasteiger partial charge in [0.25, 0.3) is 0 Å². The van der Waals surface area contributed by atoms with Gasteiger partial charge in [-0.05, 0) is 30.7 Å². The molecular weight excluding hydrogens is 219 g/mol. The quantitative estimate of drug-likeness (QED) is 0.833. The van der Waals surface area contributed by atoms with Crippen molar-refractivity contribution >= 4 is 5.69 Å². The number of aliphatic hydroxyl groups is 1. The van der Waals surface area contributed by atoms with Crippen molar-refractivity contribution in [3.63, 3.8) is 0 Å². The third kappa shape index (κ3) is 2.12. The second-order valence-electron chi connectivity index (χ2n) is 4.05. The zero-order valence-electron chi connectivity index (χ0n) is 9.39. The second-order valence-corrected chi connectivity index (χ2v) is 4.05. The van der Waals surface area contributed by atoms with Crippen LogP contribution in [0.2, 0.25) is 0 Å². The lowest BCUT2D eigenvalue weighted by atomic mass is 9.88. The highest BCUT2D eigenvalue weighted by molar-refractivity contribution is 5.51. The molecule has 3 nitrogen and oxygen atoms in total. The summed E-state index contributed by atoms with van der Waals surface area (Å²) in [4.78, 5) is 3.93. The Morgan fingerprint density at radius 2 is 2.12 bits per heavy atom. The Morgan fingerprint density at radius 1 is 1.35 bits per heavy atom. The van der Waals surface area contributed by atoms with Crippen molar-refractivity contribution in [2.75, 3.05) is 5.73 Å². The molecule has 0 saturated carbocycles. The van der Waals surface area contributed by atoms with E-state index in [9.17, 15) is 9.50 Å². The lowest BCUT2D eigenvalue weighted by Crippen LogP contribution is -2.24. The van der Waals surface area contributed by atoms with Crippen LogP contribution in [0.15, 0.2) is 42.7 Å². The lowest BCUT2D eigenvalue weighted by Gasteiger charge is -2.25. The van der Waals surface area contributed by atoms with Crippen LogP contribution in [0.5, 0.6) is 0 Å². The molecule has 1 atom stereocenters. The van der Waals surface area contributed by atoms with Gasteiger partial charge < -0.3 is 10.8 Å². The summed E-state index contributed by atoms with van der Waals surface area (Å²) in [5, 5.41) is 10.5. The van der Waals surface area contributed by atoms with Gasteiger partial charge in [-0.15, -0.1) is 0 Å². The Bertz CT molecular complexity index is 540. The molecule has 0 radical (unpaired) electrons. The topological polar surface area (TPSA) is 59.1 Å². The van der Waals surface area contributed by atoms with Crippen LogP contribution >= 0.6 is 0 Å². The minimum atomic E-state index is -1.36. The molecule has 0 fully saturated rings. The standard InChI is InChI=1S/C13H13FN2O/c1-13(17,9-3-2-4-10(14)7-9)11-8-16-6-5-12(11)15/h2-8,17H,1H3,(H2,15,16). The van der Waals surface area contributed by atoms with E-state index in [1.165, 1.54) is 18.3 Å². The van der Waals surface area contributed by atoms with Crippen LogP contribution in [-0.2, 0) is 5.60 Å². The van der Waals surface area contributed by atoms with Gasteiger partial charge in [-0.2, -0.15) is 0 Å². The fraction of sp³-hybridized carbons (Fsp3) is 0.154. The van der Waals surface area contributed by atoms with Gasteiger partial charge in [0.2, 0.25) is 0 Å². The van der Waals surface area contributed by atoms with E-state index in [2.05, 4.69) is 4.98 Å². The van der Waals surface area contributed by atoms with Gasteiger partial charge in [-0.3, -0.25) is 4.98 Å². The van der Waals surface area contributed by atoms with Crippen molar-refractivity contribution in [3.05, 3.63) is 59.7 Å². The second kappa shape index (κ2) is 4.14. The van der Waals surface area contributed by atoms with Crippen molar-refractivity contribution in [3.8, 4) is 0 Å². The van der Waals surface area contributed by atoms with Gasteiger partial charge in [0.1, 0.15) is 11.4 Å². The molecule has 0 aliphatic carbocycles. The van der Waals surface area contributed by atoms with Crippen molar-refractivity contribution in [2.45, 2.75) is 12.5 Å². The maximum absolute atomic E-state index is 13.2. The Balaban J connectivity index is 2.53. The molecule has 0 spiro atoms. The van der Waals surface area contributed by atoms with E-state index in [0.717, 1.165) is 0 Å². The monoisotopic (exact) mass is 232 g/mol. The van der Waals surface area contributed by atoms with Crippen molar-refractivity contribution < 1.29 is 9.50 Å². The molecule has 0 bridgehead atoms. The molecule has 88 valence electrons. The molecule has 2 aromatic rings. The molecule has 1 heterocycles. The smallest absolute Gasteiger partial charge is 0.123 e. The number of halogens is 1. The molecular formula is C13H13FN2O. The van der Waals surface area contributed by atoms with Crippen LogP contribution in [0.3, 0.4) is 0 Å². The van der Waals surface area contributed by atoms with Crippen LogP contribution in [0.4, 0.5) is 10.1 Å². The van der Waals surface area contributed by atoms with E-state index in [1.54, 1.807) is 31.3 Å². The summed E-state index contributed by atoms with van der Waals surface area (Å²) in [5.74, 6) is -0.398. The molecule has 3 N–H and O–H groups in total. The van der Waals surface area contributed by atoms with E-state index in [0.29, 0.717) is 16.8 Å². The average Bonchev–Trinajstić information content (AvgIpc) is 2.29. The highest BCUT2D eigenvalue weighted by Crippen LogP contribution is 2.32. The third-order valence-corrected chi connectivity index (χ3v) is 2.77. The summed E-state index contributed by atoms with van der Waals surface area (Å²) < 4.78 is 13.2. The lowest BCUT2D eigenvalue weighted by molar-refractivity contribution is 0.102. The van der Waals surface area contributed by atoms with Crippen molar-refractivity contribution in [1.82, 2.24) is 4.98 Å². The van der Waals surface area contributed by atoms with E-state index >= 15 is 0 Å². The summed E-state index contributed by atoms with van der Waals surface area (Å²) in [5.41, 5.74) is 5.76. The van der Waals surface area contributed by atoms with E-state index in [4.69, 9.17) is 5.73 Å². The van der Waals surface area contributed by atoms with Crippen LogP contribution in [0.1, 0.15) is 18.1 Å². The maximum atomic E-state index is 13.2. The third-order valence-electron chi connectivity index (χ3n) is 2.77. The first kappa shape index (κ1) is 11.5. The summed E-state index contributed by atoms with van der Waals surface area (Å²) in [6.07, 6.45) is 3.03. The minimum Gasteiger partial charge on any atom is -0.398 e. The summed E-state index contributed by atoms with van der Waals surface area (Å²) in [7, 11) is 0. The van der Waals surface area contributed by atoms with Gasteiger partial charge in [0, 0.05) is 23.6 Å². The van der Waals surface area contributed by atoms with Crippen LogP contribution < -0.4 is 5.73 Å². The zero-order chi connectivity index (χ0) is 12.5. The fourth-order valence-electron chi connectivity index (χ4n) is 1.76. The number of pyridine rings is 1. The average molecular weight is 232 g/mol. The van der Waals surface area contributed by atoms with Gasteiger partial charge in [-0.25, -0.2) is 4.39 Å². The number of aromatic nitrogens is 1. The Morgan fingerprint density at radius 3 is 2.76 bits per heavy atom. The van der Waals surface area contributed by atoms with E-state index < -0.39 is 11.4 Å². The number of anilines is 1. The van der Waals surface area contributed by atoms with Crippen LogP contribution in [0, 0.1) is 5.82 Å². The number of hydrogen-bond acceptors (Lipinski definition) is 3. The molecule has 17 heavy (non-hydrogen) atoms. The number of nitrogens with two attached hydrogens (primary N) is 1. The number of hydrogen-bond donors (Lipinski definition) is 2. The number of benzene rings is 1. The normalized spacial score (nSPS) is 14.3. The Hall–Kier alpha value is -1.94. The maximum Gasteiger partial charge on any atom is 0.123 e. The van der Waals surface area contributed by atoms with Crippen LogP contribution in [0.25, 0.3) is 0 Å². The minimum absolute atomic E-state index is 0.398. The Kier molecular flexibility index (Phi) is 2.81. The van der Waals surface area contributed by atoms with Gasteiger partial charge in [0.15, 0.2) is 0 Å². The first-order valence-electron chi connectivity index (χ1n) is 5.20. The van der Waals surface area contributed by atoms with Gasteiger partial charge in [0.05, 0.1) is 0 Å². The molecule has 1 aromatic carbocycles. The molecule has 0 saturated heterocycles. The summed E-state index contributed by atoms with van der Waals surface area (Å²) in [6.45, 7) is 1.56. The number of nitrogen functional groups attached to an aromatic ring is 1. The predicted molar refractivity (Wildman–Crippen MR) is 63.7 cm³/mol. The first-order valence-corrected chi connectivity index (χ1v) is 5.20. The highest BCUT2D eigenvalue weighted by Gasteiger charge is 2.28. The Labute approximate surface area is 98.7 Å². The number of nitrogens with zero attached hydrogens (tertiary/aromatic N) is 1. The molecule has 4 heteroatoms. The molecule has 1 unspecified atom stereocenters. The molecule has 0 aliphatic rings. The van der Waals surface area contributed by atoms with Crippen molar-refractivity contribution in [2.24, 2.45) is 0 Å². The number of rotatable bonds is 2.